The number of anilines is 2. The number of nitrogen functional groups attached to an aromatic ring is 1. The van der Waals surface area contributed by atoms with Gasteiger partial charge in [0.2, 0.25) is 5.91 Å². The van der Waals surface area contributed by atoms with Crippen molar-refractivity contribution in [2.24, 2.45) is 0 Å². The van der Waals surface area contributed by atoms with Crippen LogP contribution in [0.3, 0.4) is 0 Å². The van der Waals surface area contributed by atoms with E-state index in [2.05, 4.69) is 5.32 Å². The fourth-order valence-electron chi connectivity index (χ4n) is 1.65. The standard InChI is InChI=1S/C14H23N3O2/c1-11(18)6-8-17(2)9-7-14(19)16-13-5-3-4-12(15)10-13/h3-5,10-11,18H,6-9,15H2,1-2H3,(H,16,19). The number of carbonyl (C=O) groups is 1. The van der Waals surface area contributed by atoms with Crippen molar-refractivity contribution >= 4 is 17.3 Å². The molecule has 1 atom stereocenters. The van der Waals surface area contributed by atoms with E-state index in [4.69, 9.17) is 5.73 Å². The van der Waals surface area contributed by atoms with Crippen molar-refractivity contribution in [3.05, 3.63) is 24.3 Å². The molecule has 0 aliphatic carbocycles. The Hall–Kier alpha value is -1.59. The van der Waals surface area contributed by atoms with Crippen LogP contribution in [0.1, 0.15) is 19.8 Å². The summed E-state index contributed by atoms with van der Waals surface area (Å²) in [6.07, 6.45) is 0.835. The smallest absolute Gasteiger partial charge is 0.225 e. The third-order valence-corrected chi connectivity index (χ3v) is 2.82. The molecule has 1 aromatic rings. The number of hydrogen-bond donors (Lipinski definition) is 3. The van der Waals surface area contributed by atoms with Crippen molar-refractivity contribution in [3.8, 4) is 0 Å². The number of amides is 1. The normalized spacial score (nSPS) is 12.4. The second kappa shape index (κ2) is 7.76. The average molecular weight is 265 g/mol. The van der Waals surface area contributed by atoms with Crippen molar-refractivity contribution in [3.63, 3.8) is 0 Å². The van der Waals surface area contributed by atoms with Crippen LogP contribution in [0.5, 0.6) is 0 Å². The molecule has 0 fully saturated rings. The molecule has 0 bridgehead atoms. The van der Waals surface area contributed by atoms with Crippen LogP contribution in [0.2, 0.25) is 0 Å². The Morgan fingerprint density at radius 3 is 2.84 bits per heavy atom. The van der Waals surface area contributed by atoms with Crippen molar-refractivity contribution in [2.45, 2.75) is 25.9 Å². The molecule has 19 heavy (non-hydrogen) atoms. The maximum Gasteiger partial charge on any atom is 0.225 e. The highest BCUT2D eigenvalue weighted by atomic mass is 16.3. The summed E-state index contributed by atoms with van der Waals surface area (Å²) in [4.78, 5) is 13.8. The zero-order valence-electron chi connectivity index (χ0n) is 11.6. The maximum absolute atomic E-state index is 11.7. The van der Waals surface area contributed by atoms with Gasteiger partial charge in [-0.2, -0.15) is 0 Å². The van der Waals surface area contributed by atoms with Gasteiger partial charge in [-0.1, -0.05) is 6.07 Å². The highest BCUT2D eigenvalue weighted by molar-refractivity contribution is 5.91. The molecule has 0 saturated carbocycles. The molecule has 0 radical (unpaired) electrons. The number of carbonyl (C=O) groups excluding carboxylic acids is 1. The fourth-order valence-corrected chi connectivity index (χ4v) is 1.65. The Balaban J connectivity index is 2.28. The summed E-state index contributed by atoms with van der Waals surface area (Å²) in [5.74, 6) is -0.0329. The van der Waals surface area contributed by atoms with E-state index in [1.807, 2.05) is 18.0 Å². The number of aliphatic hydroxyl groups is 1. The summed E-state index contributed by atoms with van der Waals surface area (Å²) in [7, 11) is 1.94. The molecule has 5 heteroatoms. The third kappa shape index (κ3) is 6.79. The van der Waals surface area contributed by atoms with Crippen molar-refractivity contribution in [2.75, 3.05) is 31.2 Å². The van der Waals surface area contributed by atoms with Crippen LogP contribution in [0, 0.1) is 0 Å². The van der Waals surface area contributed by atoms with E-state index in [0.29, 0.717) is 25.1 Å². The first kappa shape index (κ1) is 15.5. The number of rotatable bonds is 7. The minimum Gasteiger partial charge on any atom is -0.399 e. The predicted octanol–water partition coefficient (Wildman–Crippen LogP) is 1.30. The summed E-state index contributed by atoms with van der Waals surface area (Å²) in [6, 6.07) is 7.12. The number of nitrogens with one attached hydrogen (secondary N) is 1. The summed E-state index contributed by atoms with van der Waals surface area (Å²) in [5, 5.41) is 12.0. The first-order valence-electron chi connectivity index (χ1n) is 6.49. The van der Waals surface area contributed by atoms with Crippen LogP contribution >= 0.6 is 0 Å². The van der Waals surface area contributed by atoms with Gasteiger partial charge in [-0.15, -0.1) is 0 Å². The second-order valence-electron chi connectivity index (χ2n) is 4.86. The largest absolute Gasteiger partial charge is 0.399 e. The van der Waals surface area contributed by atoms with Crippen LogP contribution < -0.4 is 11.1 Å². The van der Waals surface area contributed by atoms with E-state index >= 15 is 0 Å². The van der Waals surface area contributed by atoms with Gasteiger partial charge in [0.05, 0.1) is 6.10 Å². The van der Waals surface area contributed by atoms with E-state index in [0.717, 1.165) is 12.2 Å². The number of aliphatic hydroxyl groups excluding tert-OH is 1. The molecule has 0 aromatic heterocycles. The third-order valence-electron chi connectivity index (χ3n) is 2.82. The number of benzene rings is 1. The number of hydrogen-bond acceptors (Lipinski definition) is 4. The summed E-state index contributed by atoms with van der Waals surface area (Å²) in [6.45, 7) is 3.21. The molecular weight excluding hydrogens is 242 g/mol. The highest BCUT2D eigenvalue weighted by Gasteiger charge is 2.06. The zero-order chi connectivity index (χ0) is 14.3. The molecule has 1 aromatic carbocycles. The Kier molecular flexibility index (Phi) is 6.32. The number of nitrogens with zero attached hydrogens (tertiary/aromatic N) is 1. The Labute approximate surface area is 114 Å². The molecule has 0 aliphatic heterocycles. The van der Waals surface area contributed by atoms with Crippen LogP contribution in [0.4, 0.5) is 11.4 Å². The fraction of sp³-hybridized carbons (Fsp3) is 0.500. The van der Waals surface area contributed by atoms with Gasteiger partial charge in [0, 0.05) is 30.9 Å². The SMILES string of the molecule is CC(O)CCN(C)CCC(=O)Nc1cccc(N)c1. The molecule has 106 valence electrons. The molecule has 4 N–H and O–H groups in total. The van der Waals surface area contributed by atoms with Crippen LogP contribution in [-0.4, -0.2) is 42.2 Å². The van der Waals surface area contributed by atoms with E-state index in [9.17, 15) is 9.90 Å². The monoisotopic (exact) mass is 265 g/mol. The van der Waals surface area contributed by atoms with Crippen molar-refractivity contribution in [1.82, 2.24) is 4.90 Å². The number of nitrogens with two attached hydrogens (primary N) is 1. The quantitative estimate of drug-likeness (QED) is 0.649. The van der Waals surface area contributed by atoms with Gasteiger partial charge in [-0.3, -0.25) is 4.79 Å². The first-order chi connectivity index (χ1) is 8.97. The van der Waals surface area contributed by atoms with Gasteiger partial charge in [0.1, 0.15) is 0 Å². The topological polar surface area (TPSA) is 78.6 Å². The lowest BCUT2D eigenvalue weighted by molar-refractivity contribution is -0.116. The van der Waals surface area contributed by atoms with Gasteiger partial charge in [0.15, 0.2) is 0 Å². The summed E-state index contributed by atoms with van der Waals surface area (Å²) >= 11 is 0. The molecule has 1 rings (SSSR count). The lowest BCUT2D eigenvalue weighted by atomic mass is 10.2. The van der Waals surface area contributed by atoms with Gasteiger partial charge < -0.3 is 21.1 Å². The second-order valence-corrected chi connectivity index (χ2v) is 4.86. The van der Waals surface area contributed by atoms with Gasteiger partial charge in [-0.25, -0.2) is 0 Å². The van der Waals surface area contributed by atoms with E-state index in [1.54, 1.807) is 25.1 Å². The average Bonchev–Trinajstić information content (AvgIpc) is 2.34. The Morgan fingerprint density at radius 2 is 2.21 bits per heavy atom. The lowest BCUT2D eigenvalue weighted by Crippen LogP contribution is -2.26. The van der Waals surface area contributed by atoms with Gasteiger partial charge >= 0.3 is 0 Å². The van der Waals surface area contributed by atoms with Crippen molar-refractivity contribution in [1.29, 1.82) is 0 Å². The van der Waals surface area contributed by atoms with E-state index < -0.39 is 0 Å². The zero-order valence-corrected chi connectivity index (χ0v) is 11.6. The minimum atomic E-state index is -0.302. The van der Waals surface area contributed by atoms with Gasteiger partial charge in [0.25, 0.3) is 0 Å². The maximum atomic E-state index is 11.7. The van der Waals surface area contributed by atoms with Crippen LogP contribution in [0.25, 0.3) is 0 Å². The highest BCUT2D eigenvalue weighted by Crippen LogP contribution is 2.11. The summed E-state index contributed by atoms with van der Waals surface area (Å²) in [5.41, 5.74) is 6.99. The molecule has 1 unspecified atom stereocenters. The molecule has 0 aliphatic rings. The van der Waals surface area contributed by atoms with Crippen LogP contribution in [0.15, 0.2) is 24.3 Å². The van der Waals surface area contributed by atoms with Crippen LogP contribution in [-0.2, 0) is 4.79 Å². The van der Waals surface area contributed by atoms with Gasteiger partial charge in [-0.05, 0) is 38.6 Å². The molecule has 0 heterocycles. The molecule has 1 amide bonds. The lowest BCUT2D eigenvalue weighted by Gasteiger charge is -2.17. The Morgan fingerprint density at radius 1 is 1.47 bits per heavy atom. The minimum absolute atomic E-state index is 0.0329. The molecule has 5 nitrogen and oxygen atoms in total. The molecule has 0 spiro atoms. The van der Waals surface area contributed by atoms with E-state index in [-0.39, 0.29) is 12.0 Å². The van der Waals surface area contributed by atoms with Crippen molar-refractivity contribution < 1.29 is 9.90 Å². The Bertz CT molecular complexity index is 407. The first-order valence-corrected chi connectivity index (χ1v) is 6.49. The molecular formula is C14H23N3O2. The summed E-state index contributed by atoms with van der Waals surface area (Å²) < 4.78 is 0. The predicted molar refractivity (Wildman–Crippen MR) is 77.9 cm³/mol. The van der Waals surface area contributed by atoms with E-state index in [1.165, 1.54) is 0 Å². The molecule has 0 saturated heterocycles.